The number of fused-ring (bicyclic) bond motifs is 1. The number of aromatic hydroxyl groups is 1. The normalized spacial score (nSPS) is 12.9. The van der Waals surface area contributed by atoms with Crippen molar-refractivity contribution in [2.45, 2.75) is 19.6 Å². The van der Waals surface area contributed by atoms with Gasteiger partial charge < -0.3 is 10.4 Å². The van der Waals surface area contributed by atoms with Crippen molar-refractivity contribution >= 4 is 116 Å². The molecule has 0 heterocycles. The number of benzene rings is 4. The highest BCUT2D eigenvalue weighted by Gasteiger charge is 2.24. The summed E-state index contributed by atoms with van der Waals surface area (Å²) in [5.74, 6) is -3.02. The Hall–Kier alpha value is -3.73. The topological polar surface area (TPSA) is 393 Å². The molecular formula is C27H27N5O22S7. The monoisotopic (exact) mass is 997 g/mol. The van der Waals surface area contributed by atoms with Gasteiger partial charge in [0.15, 0.2) is 50.1 Å². The van der Waals surface area contributed by atoms with E-state index in [1.807, 2.05) is 0 Å². The van der Waals surface area contributed by atoms with Crippen LogP contribution in [-0.4, -0.2) is 94.3 Å². The molecule has 4 aromatic rings. The first-order valence-corrected chi connectivity index (χ1v) is 23.9. The van der Waals surface area contributed by atoms with Gasteiger partial charge in [0, 0.05) is 10.8 Å². The second-order valence-electron chi connectivity index (χ2n) is 11.0. The molecule has 0 aliphatic carbocycles. The molecule has 27 nitrogen and oxygen atoms in total. The van der Waals surface area contributed by atoms with Crippen LogP contribution >= 0.6 is 36.7 Å². The van der Waals surface area contributed by atoms with Gasteiger partial charge in [0.25, 0.3) is 20.2 Å². The van der Waals surface area contributed by atoms with Crippen molar-refractivity contribution < 1.29 is 100 Å². The summed E-state index contributed by atoms with van der Waals surface area (Å²) in [6, 6.07) is 10.7. The van der Waals surface area contributed by atoms with E-state index in [1.165, 1.54) is 36.4 Å². The molecule has 0 spiro atoms. The Morgan fingerprint density at radius 1 is 0.623 bits per heavy atom. The molecule has 0 aromatic heterocycles. The molecular weight excluding hydrogens is 971 g/mol. The van der Waals surface area contributed by atoms with E-state index in [0.717, 1.165) is 18.2 Å². The number of anilines is 1. The maximum absolute atomic E-state index is 13.0. The molecule has 7 N–H and O–H groups in total. The lowest BCUT2D eigenvalue weighted by molar-refractivity contribution is -0.434. The molecule has 0 radical (unpaired) electrons. The van der Waals surface area contributed by atoms with E-state index >= 15 is 0 Å². The molecule has 0 saturated carbocycles. The molecule has 334 valence electrons. The molecule has 0 unspecified atom stereocenters. The van der Waals surface area contributed by atoms with Crippen molar-refractivity contribution in [1.29, 1.82) is 0 Å². The van der Waals surface area contributed by atoms with E-state index in [-0.39, 0.29) is 80.9 Å². The Labute approximate surface area is 356 Å². The predicted octanol–water partition coefficient (Wildman–Crippen LogP) is 5.86. The molecule has 61 heavy (non-hydrogen) atoms. The third kappa shape index (κ3) is 14.7. The number of azo groups is 2. The zero-order chi connectivity index (χ0) is 44.8. The number of nitrogens with zero attached hydrogens (tertiary/aromatic N) is 4. The van der Waals surface area contributed by atoms with Crippen molar-refractivity contribution in [3.8, 4) is 5.75 Å². The fourth-order valence-electron chi connectivity index (χ4n) is 4.61. The number of rotatable bonds is 25. The van der Waals surface area contributed by atoms with Crippen LogP contribution in [0.2, 0.25) is 0 Å². The van der Waals surface area contributed by atoms with Gasteiger partial charge in [-0.3, -0.25) is 17.5 Å². The molecule has 0 aliphatic rings. The molecule has 0 saturated heterocycles. The van der Waals surface area contributed by atoms with Gasteiger partial charge in [-0.25, -0.2) is 32.6 Å². The summed E-state index contributed by atoms with van der Waals surface area (Å²) in [5.41, 5.74) is -1.71. The number of phenols is 1. The largest absolute Gasteiger partial charge is 0.505 e. The summed E-state index contributed by atoms with van der Waals surface area (Å²) in [5, 5.41) is 64.8. The smallest absolute Gasteiger partial charge is 0.296 e. The molecule has 0 amide bonds. The molecule has 0 fully saturated rings. The average Bonchev–Trinajstić information content (AvgIpc) is 3.20. The van der Waals surface area contributed by atoms with E-state index < -0.39 is 90.8 Å². The highest BCUT2D eigenvalue weighted by Crippen LogP contribution is 2.48. The fraction of sp³-hybridized carbons (Fsp3) is 0.185. The zero-order valence-corrected chi connectivity index (χ0v) is 35.4. The fourth-order valence-corrected chi connectivity index (χ4v) is 8.87. The van der Waals surface area contributed by atoms with Gasteiger partial charge in [0.05, 0.1) is 62.8 Å². The van der Waals surface area contributed by atoms with E-state index in [1.54, 1.807) is 0 Å². The summed E-state index contributed by atoms with van der Waals surface area (Å²) >= 11 is 0.528. The zero-order valence-electron chi connectivity index (χ0n) is 29.7. The quantitative estimate of drug-likeness (QED) is 0.0102. The summed E-state index contributed by atoms with van der Waals surface area (Å²) in [4.78, 5) is -1.82. The predicted molar refractivity (Wildman–Crippen MR) is 208 cm³/mol. The summed E-state index contributed by atoms with van der Waals surface area (Å²) in [6.07, 6.45) is 0. The van der Waals surface area contributed by atoms with E-state index in [0.29, 0.717) is 6.07 Å². The minimum Gasteiger partial charge on any atom is -0.505 e. The van der Waals surface area contributed by atoms with Crippen LogP contribution in [0.15, 0.2) is 101 Å². The number of sulfone groups is 2. The van der Waals surface area contributed by atoms with Crippen LogP contribution in [0, 0.1) is 0 Å². The van der Waals surface area contributed by atoms with Gasteiger partial charge in [-0.2, -0.15) is 21.9 Å². The molecule has 0 bridgehead atoms. The van der Waals surface area contributed by atoms with Crippen LogP contribution in [0.3, 0.4) is 0 Å². The highest BCUT2D eigenvalue weighted by molar-refractivity contribution is 7.94. The second kappa shape index (κ2) is 22.6. The van der Waals surface area contributed by atoms with Crippen molar-refractivity contribution in [2.24, 2.45) is 20.5 Å². The van der Waals surface area contributed by atoms with Crippen LogP contribution < -0.4 is 5.32 Å². The first-order chi connectivity index (χ1) is 28.8. The summed E-state index contributed by atoms with van der Waals surface area (Å²) in [7, 11) is -18.0. The lowest BCUT2D eigenvalue weighted by atomic mass is 10.1. The molecule has 4 aromatic carbocycles. The number of hydrogen-bond acceptors (Lipinski definition) is 28. The van der Waals surface area contributed by atoms with Crippen molar-refractivity contribution in [3.63, 3.8) is 0 Å². The van der Waals surface area contributed by atoms with Crippen molar-refractivity contribution in [2.75, 3.05) is 35.9 Å². The van der Waals surface area contributed by atoms with Gasteiger partial charge in [-0.1, -0.05) is 15.1 Å². The van der Waals surface area contributed by atoms with Crippen LogP contribution in [0.4, 0.5) is 28.4 Å². The van der Waals surface area contributed by atoms with E-state index in [9.17, 15) is 47.9 Å². The SMILES string of the molecule is O=S(=O)(O)CNc1ccc2c(O)c(N=Nc3ccc(S(=O)(=O)CCOSOOO)cc3)c(SOOO)cc2c1N=Nc1cc(S(=O)(=O)CCOSOOO)ccc1S(=O)(=O)O. The van der Waals surface area contributed by atoms with Gasteiger partial charge >= 0.3 is 0 Å². The lowest BCUT2D eigenvalue weighted by Crippen LogP contribution is -2.13. The Morgan fingerprint density at radius 3 is 1.77 bits per heavy atom. The third-order valence-electron chi connectivity index (χ3n) is 7.17. The Kier molecular flexibility index (Phi) is 18.5. The number of phenolic OH excluding ortho intramolecular Hbond substituents is 1. The molecule has 0 aliphatic heterocycles. The van der Waals surface area contributed by atoms with Gasteiger partial charge in [0.1, 0.15) is 27.8 Å². The Morgan fingerprint density at radius 2 is 1.20 bits per heavy atom. The first-order valence-electron chi connectivity index (χ1n) is 15.5. The minimum atomic E-state index is -5.11. The minimum absolute atomic E-state index is 0.0592. The van der Waals surface area contributed by atoms with Gasteiger partial charge in [0.2, 0.25) is 0 Å². The Balaban J connectivity index is 1.81. The standard InChI is InChI=1S/C27H27N5O22S7/c33-27-19-6-7-21(28-15-60(41,42)43)25(31-30-22-13-18(5-8-24(22)61(44,45)46)59(39,40)12-10-48-57-54-51-36)20(19)14-23(55-52-49-34)26(27)32-29-16-1-3-17(4-2-16)58(37,38)11-9-47-56-53-50-35/h1-8,13-14,28,33-36H,9-12,15H2,(H,41,42,43)(H,44,45,46). The summed E-state index contributed by atoms with van der Waals surface area (Å²) in [6.45, 7) is -0.878. The van der Waals surface area contributed by atoms with Crippen LogP contribution in [0.5, 0.6) is 5.75 Å². The van der Waals surface area contributed by atoms with Crippen molar-refractivity contribution in [1.82, 2.24) is 0 Å². The van der Waals surface area contributed by atoms with Gasteiger partial charge in [-0.05, 0) is 60.7 Å². The number of hydrogen-bond donors (Lipinski definition) is 7. The lowest BCUT2D eigenvalue weighted by Gasteiger charge is -2.14. The van der Waals surface area contributed by atoms with Crippen LogP contribution in [0.1, 0.15) is 0 Å². The maximum Gasteiger partial charge on any atom is 0.296 e. The summed E-state index contributed by atoms with van der Waals surface area (Å²) < 4.78 is 141. The molecule has 34 heteroatoms. The average molecular weight is 998 g/mol. The maximum atomic E-state index is 13.0. The molecule has 4 rings (SSSR count). The van der Waals surface area contributed by atoms with Gasteiger partial charge in [-0.15, -0.1) is 28.3 Å². The Bertz CT molecular complexity index is 2670. The number of nitrogens with one attached hydrogen (secondary N) is 1. The van der Waals surface area contributed by atoms with Crippen LogP contribution in [0.25, 0.3) is 10.8 Å². The van der Waals surface area contributed by atoms with Crippen molar-refractivity contribution in [3.05, 3.63) is 60.7 Å². The van der Waals surface area contributed by atoms with E-state index in [2.05, 4.69) is 53.9 Å². The molecule has 0 atom stereocenters. The van der Waals surface area contributed by atoms with E-state index in [4.69, 9.17) is 24.1 Å². The highest BCUT2D eigenvalue weighted by atomic mass is 32.2. The first kappa shape index (κ1) is 49.9. The second-order valence-corrected chi connectivity index (χ2v) is 19.8. The third-order valence-corrected chi connectivity index (χ3v) is 13.3. The van der Waals surface area contributed by atoms with Crippen LogP contribution in [-0.2, 0) is 76.4 Å².